The Kier molecular flexibility index (Phi) is 6.38. The number of carbonyl (C=O) groups excluding carboxylic acids is 1. The summed E-state index contributed by atoms with van der Waals surface area (Å²) in [5.74, 6) is 1.47. The predicted octanol–water partition coefficient (Wildman–Crippen LogP) is 3.02. The molecule has 0 saturated carbocycles. The van der Waals surface area contributed by atoms with Gasteiger partial charge in [-0.1, -0.05) is 17.7 Å². The highest BCUT2D eigenvalue weighted by Gasteiger charge is 2.08. The Morgan fingerprint density at radius 1 is 1.32 bits per heavy atom. The van der Waals surface area contributed by atoms with E-state index in [2.05, 4.69) is 24.4 Å². The van der Waals surface area contributed by atoms with E-state index in [1.54, 1.807) is 11.8 Å². The lowest BCUT2D eigenvalue weighted by Gasteiger charge is -2.13. The highest BCUT2D eigenvalue weighted by molar-refractivity contribution is 7.99. The molecule has 0 spiro atoms. The van der Waals surface area contributed by atoms with E-state index in [1.165, 1.54) is 5.56 Å². The lowest BCUT2D eigenvalue weighted by atomic mass is 10.1. The van der Waals surface area contributed by atoms with Gasteiger partial charge in [0.05, 0.1) is 5.75 Å². The summed E-state index contributed by atoms with van der Waals surface area (Å²) in [6, 6.07) is 4.38. The van der Waals surface area contributed by atoms with Gasteiger partial charge in [-0.2, -0.15) is 11.8 Å². The van der Waals surface area contributed by atoms with Gasteiger partial charge in [-0.05, 0) is 51.0 Å². The van der Waals surface area contributed by atoms with Crippen LogP contribution in [0.5, 0.6) is 0 Å². The Bertz CT molecular complexity index is 421. The normalized spacial score (nSPS) is 12.3. The largest absolute Gasteiger partial charge is 0.328 e. The van der Waals surface area contributed by atoms with E-state index >= 15 is 0 Å². The molecule has 3 N–H and O–H groups in total. The van der Waals surface area contributed by atoms with Crippen LogP contribution >= 0.6 is 11.8 Å². The van der Waals surface area contributed by atoms with E-state index in [0.29, 0.717) is 5.75 Å². The van der Waals surface area contributed by atoms with Gasteiger partial charge in [0, 0.05) is 11.7 Å². The van der Waals surface area contributed by atoms with Crippen LogP contribution in [0.25, 0.3) is 0 Å². The molecule has 0 aromatic heterocycles. The SMILES string of the molecule is Cc1cc(C)c(NC(=O)CSCCC(C)N)c(C)c1. The Morgan fingerprint density at radius 2 is 1.89 bits per heavy atom. The quantitative estimate of drug-likeness (QED) is 0.788. The van der Waals surface area contributed by atoms with Crippen molar-refractivity contribution in [1.82, 2.24) is 0 Å². The van der Waals surface area contributed by atoms with E-state index in [0.717, 1.165) is 29.0 Å². The van der Waals surface area contributed by atoms with Crippen LogP contribution in [0.15, 0.2) is 12.1 Å². The highest BCUT2D eigenvalue weighted by Crippen LogP contribution is 2.22. The Balaban J connectivity index is 2.49. The molecule has 3 nitrogen and oxygen atoms in total. The molecule has 0 aliphatic rings. The average molecular weight is 280 g/mol. The molecule has 4 heteroatoms. The number of aryl methyl sites for hydroxylation is 3. The van der Waals surface area contributed by atoms with Crippen molar-refractivity contribution in [3.05, 3.63) is 28.8 Å². The first-order chi connectivity index (χ1) is 8.90. The van der Waals surface area contributed by atoms with Gasteiger partial charge in [-0.3, -0.25) is 4.79 Å². The fourth-order valence-electron chi connectivity index (χ4n) is 1.99. The highest BCUT2D eigenvalue weighted by atomic mass is 32.2. The maximum Gasteiger partial charge on any atom is 0.234 e. The zero-order valence-electron chi connectivity index (χ0n) is 12.2. The summed E-state index contributed by atoms with van der Waals surface area (Å²) in [5.41, 5.74) is 10.1. The molecule has 0 radical (unpaired) electrons. The molecule has 1 rings (SSSR count). The van der Waals surface area contributed by atoms with Crippen molar-refractivity contribution in [3.8, 4) is 0 Å². The van der Waals surface area contributed by atoms with Crippen LogP contribution in [0.2, 0.25) is 0 Å². The molecule has 0 aliphatic carbocycles. The predicted molar refractivity (Wildman–Crippen MR) is 84.9 cm³/mol. The minimum Gasteiger partial charge on any atom is -0.328 e. The summed E-state index contributed by atoms with van der Waals surface area (Å²) in [6.45, 7) is 8.10. The molecule has 0 aliphatic heterocycles. The summed E-state index contributed by atoms with van der Waals surface area (Å²) in [4.78, 5) is 11.9. The second-order valence-corrected chi connectivity index (χ2v) is 6.25. The number of amides is 1. The number of carbonyl (C=O) groups is 1. The third-order valence-corrected chi connectivity index (χ3v) is 3.88. The van der Waals surface area contributed by atoms with Gasteiger partial charge in [-0.15, -0.1) is 0 Å². The van der Waals surface area contributed by atoms with Crippen molar-refractivity contribution in [3.63, 3.8) is 0 Å². The second kappa shape index (κ2) is 7.56. The van der Waals surface area contributed by atoms with Crippen LogP contribution in [0.4, 0.5) is 5.69 Å². The minimum absolute atomic E-state index is 0.0599. The summed E-state index contributed by atoms with van der Waals surface area (Å²) in [7, 11) is 0. The number of anilines is 1. The molecular weight excluding hydrogens is 256 g/mol. The summed E-state index contributed by atoms with van der Waals surface area (Å²) in [6.07, 6.45) is 0.945. The Hall–Kier alpha value is -1.00. The number of hydrogen-bond acceptors (Lipinski definition) is 3. The number of nitrogens with one attached hydrogen (secondary N) is 1. The lowest BCUT2D eigenvalue weighted by molar-refractivity contribution is -0.113. The van der Waals surface area contributed by atoms with Crippen LogP contribution < -0.4 is 11.1 Å². The van der Waals surface area contributed by atoms with Crippen LogP contribution in [0.1, 0.15) is 30.0 Å². The van der Waals surface area contributed by atoms with Crippen molar-refractivity contribution in [2.24, 2.45) is 5.73 Å². The van der Waals surface area contributed by atoms with E-state index in [1.807, 2.05) is 20.8 Å². The van der Waals surface area contributed by atoms with Crippen LogP contribution in [-0.4, -0.2) is 23.5 Å². The number of thioether (sulfide) groups is 1. The lowest BCUT2D eigenvalue weighted by Crippen LogP contribution is -2.18. The maximum absolute atomic E-state index is 11.9. The molecule has 1 aromatic rings. The van der Waals surface area contributed by atoms with Gasteiger partial charge in [0.15, 0.2) is 0 Å². The zero-order chi connectivity index (χ0) is 14.4. The maximum atomic E-state index is 11.9. The summed E-state index contributed by atoms with van der Waals surface area (Å²) >= 11 is 1.63. The second-order valence-electron chi connectivity index (χ2n) is 5.14. The van der Waals surface area contributed by atoms with E-state index in [-0.39, 0.29) is 11.9 Å². The van der Waals surface area contributed by atoms with Crippen LogP contribution in [-0.2, 0) is 4.79 Å². The van der Waals surface area contributed by atoms with Crippen molar-refractivity contribution >= 4 is 23.4 Å². The van der Waals surface area contributed by atoms with E-state index in [9.17, 15) is 4.79 Å². The van der Waals surface area contributed by atoms with Gasteiger partial charge >= 0.3 is 0 Å². The number of benzene rings is 1. The van der Waals surface area contributed by atoms with Crippen LogP contribution in [0.3, 0.4) is 0 Å². The zero-order valence-corrected chi connectivity index (χ0v) is 13.1. The molecule has 1 atom stereocenters. The number of rotatable bonds is 6. The topological polar surface area (TPSA) is 55.1 Å². The van der Waals surface area contributed by atoms with E-state index < -0.39 is 0 Å². The van der Waals surface area contributed by atoms with E-state index in [4.69, 9.17) is 5.73 Å². The molecule has 106 valence electrons. The summed E-state index contributed by atoms with van der Waals surface area (Å²) < 4.78 is 0. The average Bonchev–Trinajstić information content (AvgIpc) is 2.29. The molecule has 0 saturated heterocycles. The molecule has 1 unspecified atom stereocenters. The van der Waals surface area contributed by atoms with Crippen molar-refractivity contribution in [2.45, 2.75) is 40.2 Å². The molecule has 1 amide bonds. The van der Waals surface area contributed by atoms with Gasteiger partial charge in [0.1, 0.15) is 0 Å². The fraction of sp³-hybridized carbons (Fsp3) is 0.533. The third-order valence-electron chi connectivity index (χ3n) is 2.89. The summed E-state index contributed by atoms with van der Waals surface area (Å²) in [5, 5.41) is 3.00. The Labute approximate surface area is 120 Å². The smallest absolute Gasteiger partial charge is 0.234 e. The first-order valence-corrected chi connectivity index (χ1v) is 7.76. The third kappa shape index (κ3) is 5.66. The monoisotopic (exact) mass is 280 g/mol. The minimum atomic E-state index is 0.0599. The number of nitrogens with two attached hydrogens (primary N) is 1. The molecule has 0 bridgehead atoms. The van der Waals surface area contributed by atoms with Crippen LogP contribution in [0, 0.1) is 20.8 Å². The van der Waals surface area contributed by atoms with Gasteiger partial charge in [-0.25, -0.2) is 0 Å². The van der Waals surface area contributed by atoms with Crippen molar-refractivity contribution < 1.29 is 4.79 Å². The number of hydrogen-bond donors (Lipinski definition) is 2. The molecule has 0 fully saturated rings. The molecular formula is C15H24N2OS. The first-order valence-electron chi connectivity index (χ1n) is 6.61. The first kappa shape index (κ1) is 16.1. The standard InChI is InChI=1S/C15H24N2OS/c1-10-7-11(2)15(12(3)8-10)17-14(18)9-19-6-5-13(4)16/h7-8,13H,5-6,9,16H2,1-4H3,(H,17,18). The Morgan fingerprint density at radius 3 is 2.42 bits per heavy atom. The van der Waals surface area contributed by atoms with Gasteiger partial charge in [0.2, 0.25) is 5.91 Å². The fourth-order valence-corrected chi connectivity index (χ4v) is 2.93. The molecule has 19 heavy (non-hydrogen) atoms. The molecule has 1 aromatic carbocycles. The van der Waals surface area contributed by atoms with Crippen molar-refractivity contribution in [2.75, 3.05) is 16.8 Å². The van der Waals surface area contributed by atoms with Gasteiger partial charge < -0.3 is 11.1 Å². The van der Waals surface area contributed by atoms with Gasteiger partial charge in [0.25, 0.3) is 0 Å². The molecule has 0 heterocycles. The van der Waals surface area contributed by atoms with Crippen molar-refractivity contribution in [1.29, 1.82) is 0 Å².